The monoisotopic (exact) mass is 416 g/mol. The van der Waals surface area contributed by atoms with Crippen molar-refractivity contribution >= 4 is 74.5 Å². The van der Waals surface area contributed by atoms with Gasteiger partial charge in [-0.05, 0) is 46.9 Å². The summed E-state index contributed by atoms with van der Waals surface area (Å²) in [5.41, 5.74) is 0.955. The van der Waals surface area contributed by atoms with Gasteiger partial charge in [0.15, 0.2) is 5.78 Å². The molecule has 0 saturated heterocycles. The fraction of sp³-hybridized carbons (Fsp3) is 0. The summed E-state index contributed by atoms with van der Waals surface area (Å²) in [6.45, 7) is 0. The first kappa shape index (κ1) is 13.6. The van der Waals surface area contributed by atoms with Gasteiger partial charge in [-0.15, -0.1) is 11.3 Å². The summed E-state index contributed by atoms with van der Waals surface area (Å²) in [6.07, 6.45) is 0. The van der Waals surface area contributed by atoms with Crippen LogP contribution in [-0.4, -0.2) is 5.78 Å². The molecular formula is C11H4Cl3IOS. The van der Waals surface area contributed by atoms with Gasteiger partial charge in [-0.2, -0.15) is 0 Å². The molecule has 1 aromatic carbocycles. The van der Waals surface area contributed by atoms with Gasteiger partial charge < -0.3 is 0 Å². The summed E-state index contributed by atoms with van der Waals surface area (Å²) in [5, 5.41) is 0.520. The molecule has 0 bridgehead atoms. The lowest BCUT2D eigenvalue weighted by Crippen LogP contribution is -2.02. The largest absolute Gasteiger partial charge is 0.288 e. The van der Waals surface area contributed by atoms with Gasteiger partial charge in [0.25, 0.3) is 0 Å². The number of halogens is 4. The lowest BCUT2D eigenvalue weighted by atomic mass is 10.1. The third kappa shape index (κ3) is 2.96. The predicted octanol–water partition coefficient (Wildman–Crippen LogP) is 5.54. The van der Waals surface area contributed by atoms with Crippen molar-refractivity contribution in [3.05, 3.63) is 52.7 Å². The third-order valence-electron chi connectivity index (χ3n) is 2.07. The zero-order valence-corrected chi connectivity index (χ0v) is 13.4. The van der Waals surface area contributed by atoms with Crippen LogP contribution in [0.1, 0.15) is 15.9 Å². The third-order valence-corrected chi connectivity index (χ3v) is 4.74. The van der Waals surface area contributed by atoms with Crippen molar-refractivity contribution in [3.8, 4) is 0 Å². The highest BCUT2D eigenvalue weighted by Crippen LogP contribution is 2.33. The van der Waals surface area contributed by atoms with Gasteiger partial charge in [-0.3, -0.25) is 4.79 Å². The fourth-order valence-electron chi connectivity index (χ4n) is 1.31. The molecule has 1 nitrogen and oxygen atoms in total. The number of carbonyl (C=O) groups is 1. The van der Waals surface area contributed by atoms with Crippen LogP contribution in [0.2, 0.25) is 13.7 Å². The molecular weight excluding hydrogens is 413 g/mol. The molecule has 0 aliphatic carbocycles. The summed E-state index contributed by atoms with van der Waals surface area (Å²) < 4.78 is 1.72. The number of hydrogen-bond acceptors (Lipinski definition) is 2. The molecule has 0 spiro atoms. The van der Waals surface area contributed by atoms with Crippen LogP contribution >= 0.6 is 68.7 Å². The lowest BCUT2D eigenvalue weighted by Gasteiger charge is -2.03. The Balaban J connectivity index is 2.50. The summed E-state index contributed by atoms with van der Waals surface area (Å²) in [4.78, 5) is 12.3. The van der Waals surface area contributed by atoms with Gasteiger partial charge in [0.05, 0.1) is 9.90 Å². The number of rotatable bonds is 2. The van der Waals surface area contributed by atoms with Crippen LogP contribution in [0.15, 0.2) is 24.3 Å². The van der Waals surface area contributed by atoms with Gasteiger partial charge >= 0.3 is 0 Å². The number of benzene rings is 1. The Morgan fingerprint density at radius 1 is 1.12 bits per heavy atom. The van der Waals surface area contributed by atoms with Crippen molar-refractivity contribution in [2.45, 2.75) is 0 Å². The zero-order chi connectivity index (χ0) is 12.6. The second-order valence-electron chi connectivity index (χ2n) is 3.19. The van der Waals surface area contributed by atoms with Crippen LogP contribution in [-0.2, 0) is 0 Å². The van der Waals surface area contributed by atoms with Gasteiger partial charge in [0, 0.05) is 14.2 Å². The van der Waals surface area contributed by atoms with E-state index in [-0.39, 0.29) is 5.78 Å². The maximum Gasteiger partial charge on any atom is 0.196 e. The first-order valence-corrected chi connectivity index (χ1v) is 7.46. The molecule has 2 rings (SSSR count). The van der Waals surface area contributed by atoms with Crippen molar-refractivity contribution in [3.63, 3.8) is 0 Å². The highest BCUT2D eigenvalue weighted by Gasteiger charge is 2.18. The Kier molecular flexibility index (Phi) is 4.36. The average molecular weight is 417 g/mol. The Morgan fingerprint density at radius 3 is 2.41 bits per heavy atom. The van der Waals surface area contributed by atoms with E-state index in [1.807, 2.05) is 0 Å². The normalized spacial score (nSPS) is 10.6. The molecule has 0 radical (unpaired) electrons. The van der Waals surface area contributed by atoms with E-state index in [0.717, 1.165) is 3.57 Å². The quantitative estimate of drug-likeness (QED) is 0.463. The minimum absolute atomic E-state index is 0.162. The standard InChI is InChI=1S/C11H4Cl3IOS/c12-5-1-2-8(15)6(3-5)10(16)7-4-9(13)17-11(7)14/h1-4H. The van der Waals surface area contributed by atoms with E-state index in [1.54, 1.807) is 24.3 Å². The van der Waals surface area contributed by atoms with Gasteiger partial charge in [-0.1, -0.05) is 34.8 Å². The number of ketones is 1. The summed E-state index contributed by atoms with van der Waals surface area (Å²) in [6, 6.07) is 6.74. The maximum atomic E-state index is 12.3. The Labute approximate surface area is 131 Å². The highest BCUT2D eigenvalue weighted by molar-refractivity contribution is 14.1. The van der Waals surface area contributed by atoms with Gasteiger partial charge in [-0.25, -0.2) is 0 Å². The van der Waals surface area contributed by atoms with Crippen LogP contribution in [0.25, 0.3) is 0 Å². The van der Waals surface area contributed by atoms with E-state index in [0.29, 0.717) is 24.8 Å². The summed E-state index contributed by atoms with van der Waals surface area (Å²) in [7, 11) is 0. The van der Waals surface area contributed by atoms with E-state index >= 15 is 0 Å². The smallest absolute Gasteiger partial charge is 0.196 e. The molecule has 88 valence electrons. The predicted molar refractivity (Wildman–Crippen MR) is 81.9 cm³/mol. The average Bonchev–Trinajstić information content (AvgIpc) is 2.60. The first-order chi connectivity index (χ1) is 7.99. The Bertz CT molecular complexity index is 594. The summed E-state index contributed by atoms with van der Waals surface area (Å²) >= 11 is 20.9. The van der Waals surface area contributed by atoms with Crippen LogP contribution in [0, 0.1) is 3.57 Å². The second kappa shape index (κ2) is 5.45. The Morgan fingerprint density at radius 2 is 1.82 bits per heavy atom. The van der Waals surface area contributed by atoms with E-state index in [9.17, 15) is 4.79 Å². The molecule has 0 unspecified atom stereocenters. The molecule has 0 aliphatic rings. The van der Waals surface area contributed by atoms with E-state index in [4.69, 9.17) is 34.8 Å². The first-order valence-electron chi connectivity index (χ1n) is 4.43. The van der Waals surface area contributed by atoms with E-state index in [2.05, 4.69) is 22.6 Å². The Hall–Kier alpha value is 0.190. The van der Waals surface area contributed by atoms with Gasteiger partial charge in [0.1, 0.15) is 4.34 Å². The summed E-state index contributed by atoms with van der Waals surface area (Å²) in [5.74, 6) is -0.162. The molecule has 0 atom stereocenters. The minimum Gasteiger partial charge on any atom is -0.288 e. The highest BCUT2D eigenvalue weighted by atomic mass is 127. The maximum absolute atomic E-state index is 12.3. The molecule has 1 aromatic heterocycles. The van der Waals surface area contributed by atoms with Crippen LogP contribution < -0.4 is 0 Å². The van der Waals surface area contributed by atoms with Crippen molar-refractivity contribution in [1.82, 2.24) is 0 Å². The second-order valence-corrected chi connectivity index (χ2v) is 7.08. The topological polar surface area (TPSA) is 17.1 Å². The van der Waals surface area contributed by atoms with Crippen LogP contribution in [0.4, 0.5) is 0 Å². The molecule has 0 N–H and O–H groups in total. The SMILES string of the molecule is O=C(c1cc(Cl)ccc1I)c1cc(Cl)sc1Cl. The van der Waals surface area contributed by atoms with Crippen molar-refractivity contribution in [1.29, 1.82) is 0 Å². The molecule has 0 saturated carbocycles. The molecule has 1 heterocycles. The van der Waals surface area contributed by atoms with E-state index in [1.165, 1.54) is 11.3 Å². The number of carbonyl (C=O) groups excluding carboxylic acids is 1. The molecule has 0 aliphatic heterocycles. The number of thiophene rings is 1. The van der Waals surface area contributed by atoms with Crippen LogP contribution in [0.3, 0.4) is 0 Å². The van der Waals surface area contributed by atoms with Gasteiger partial charge in [0.2, 0.25) is 0 Å². The molecule has 0 amide bonds. The van der Waals surface area contributed by atoms with Crippen molar-refractivity contribution in [2.24, 2.45) is 0 Å². The molecule has 2 aromatic rings. The minimum atomic E-state index is -0.162. The zero-order valence-electron chi connectivity index (χ0n) is 8.14. The lowest BCUT2D eigenvalue weighted by molar-refractivity contribution is 0.103. The molecule has 6 heteroatoms. The van der Waals surface area contributed by atoms with E-state index < -0.39 is 0 Å². The molecule has 0 fully saturated rings. The van der Waals surface area contributed by atoms with Crippen LogP contribution in [0.5, 0.6) is 0 Å². The molecule has 17 heavy (non-hydrogen) atoms. The van der Waals surface area contributed by atoms with Crippen molar-refractivity contribution < 1.29 is 4.79 Å². The van der Waals surface area contributed by atoms with Crippen molar-refractivity contribution in [2.75, 3.05) is 0 Å². The number of hydrogen-bond donors (Lipinski definition) is 0. The fourth-order valence-corrected chi connectivity index (χ4v) is 3.52.